The summed E-state index contributed by atoms with van der Waals surface area (Å²) in [5, 5.41) is 0. The predicted octanol–water partition coefficient (Wildman–Crippen LogP) is 3.84. The number of rotatable bonds is 4. The minimum Gasteiger partial charge on any atom is -0.423 e. The van der Waals surface area contributed by atoms with Gasteiger partial charge in [-0.15, -0.1) is 0 Å². The number of carbonyl (C=O) groups is 1. The Kier molecular flexibility index (Phi) is 5.56. The summed E-state index contributed by atoms with van der Waals surface area (Å²) in [4.78, 5) is 12.5. The molecule has 5 nitrogen and oxygen atoms in total. The molecule has 0 aromatic heterocycles. The van der Waals surface area contributed by atoms with Gasteiger partial charge in [-0.05, 0) is 59.1 Å². The maximum Gasteiger partial charge on any atom is 0.344 e. The summed E-state index contributed by atoms with van der Waals surface area (Å²) in [6, 6.07) is 13.1. The second kappa shape index (κ2) is 7.68. The number of piperidine rings is 1. The van der Waals surface area contributed by atoms with Crippen LogP contribution in [0.4, 0.5) is 0 Å². The van der Waals surface area contributed by atoms with Gasteiger partial charge in [-0.1, -0.05) is 24.6 Å². The molecule has 0 N–H and O–H groups in total. The Morgan fingerprint density at radius 1 is 1.00 bits per heavy atom. The van der Waals surface area contributed by atoms with Gasteiger partial charge in [-0.25, -0.2) is 13.2 Å². The SMILES string of the molecule is O=C(Oc1ccccc1)c1cc(S(=O)(=O)N2CCCCC2)ccc1Br. The van der Waals surface area contributed by atoms with Crippen molar-refractivity contribution in [3.05, 3.63) is 58.6 Å². The van der Waals surface area contributed by atoms with Gasteiger partial charge < -0.3 is 4.74 Å². The molecule has 0 atom stereocenters. The maximum atomic E-state index is 12.8. The van der Waals surface area contributed by atoms with Crippen LogP contribution in [0.5, 0.6) is 5.75 Å². The average Bonchev–Trinajstić information content (AvgIpc) is 2.63. The minimum absolute atomic E-state index is 0.109. The Labute approximate surface area is 155 Å². The molecule has 0 radical (unpaired) electrons. The quantitative estimate of drug-likeness (QED) is 0.553. The monoisotopic (exact) mass is 423 g/mol. The fraction of sp³-hybridized carbons (Fsp3) is 0.278. The van der Waals surface area contributed by atoms with Crippen LogP contribution < -0.4 is 4.74 Å². The van der Waals surface area contributed by atoms with Crippen LogP contribution in [-0.2, 0) is 10.0 Å². The van der Waals surface area contributed by atoms with Gasteiger partial charge in [-0.3, -0.25) is 0 Å². The van der Waals surface area contributed by atoms with Crippen molar-refractivity contribution in [2.75, 3.05) is 13.1 Å². The number of carbonyl (C=O) groups excluding carboxylic acids is 1. The summed E-state index contributed by atoms with van der Waals surface area (Å²) in [5.74, 6) is -0.197. The zero-order valence-electron chi connectivity index (χ0n) is 13.5. The first-order chi connectivity index (χ1) is 12.0. The Bertz CT molecular complexity index is 862. The average molecular weight is 424 g/mol. The molecule has 1 heterocycles. The number of hydrogen-bond acceptors (Lipinski definition) is 4. The van der Waals surface area contributed by atoms with Crippen LogP contribution >= 0.6 is 15.9 Å². The molecule has 1 fully saturated rings. The van der Waals surface area contributed by atoms with Crippen LogP contribution in [0, 0.1) is 0 Å². The van der Waals surface area contributed by atoms with Crippen molar-refractivity contribution in [3.8, 4) is 5.75 Å². The lowest BCUT2D eigenvalue weighted by Crippen LogP contribution is -2.35. The Balaban J connectivity index is 1.88. The molecule has 1 saturated heterocycles. The van der Waals surface area contributed by atoms with E-state index >= 15 is 0 Å². The summed E-state index contributed by atoms with van der Waals surface area (Å²) in [5.41, 5.74) is 0.182. The van der Waals surface area contributed by atoms with Crippen molar-refractivity contribution in [3.63, 3.8) is 0 Å². The van der Waals surface area contributed by atoms with Gasteiger partial charge in [-0.2, -0.15) is 4.31 Å². The number of esters is 1. The summed E-state index contributed by atoms with van der Waals surface area (Å²) >= 11 is 3.30. The summed E-state index contributed by atoms with van der Waals surface area (Å²) in [7, 11) is -3.60. The molecule has 0 amide bonds. The van der Waals surface area contributed by atoms with E-state index in [0.717, 1.165) is 19.3 Å². The number of sulfonamides is 1. The topological polar surface area (TPSA) is 63.7 Å². The van der Waals surface area contributed by atoms with Crippen molar-refractivity contribution in [2.45, 2.75) is 24.2 Å². The van der Waals surface area contributed by atoms with Gasteiger partial charge >= 0.3 is 5.97 Å². The lowest BCUT2D eigenvalue weighted by Gasteiger charge is -2.26. The number of para-hydroxylation sites is 1. The smallest absolute Gasteiger partial charge is 0.344 e. The van der Waals surface area contributed by atoms with Crippen molar-refractivity contribution in [1.29, 1.82) is 0 Å². The minimum atomic E-state index is -3.60. The third-order valence-corrected chi connectivity index (χ3v) is 6.65. The van der Waals surface area contributed by atoms with E-state index in [1.54, 1.807) is 30.3 Å². The van der Waals surface area contributed by atoms with Gasteiger partial charge in [0.2, 0.25) is 10.0 Å². The number of ether oxygens (including phenoxy) is 1. The van der Waals surface area contributed by atoms with Gasteiger partial charge in [0.1, 0.15) is 5.75 Å². The standard InChI is InChI=1S/C18H18BrNO4S/c19-17-10-9-15(25(22,23)20-11-5-2-6-12-20)13-16(17)18(21)24-14-7-3-1-4-8-14/h1,3-4,7-10,13H,2,5-6,11-12H2. The maximum absolute atomic E-state index is 12.8. The fourth-order valence-electron chi connectivity index (χ4n) is 2.73. The van der Waals surface area contributed by atoms with Crippen LogP contribution in [0.2, 0.25) is 0 Å². The second-order valence-electron chi connectivity index (χ2n) is 5.81. The number of nitrogens with zero attached hydrogens (tertiary/aromatic N) is 1. The van der Waals surface area contributed by atoms with Crippen molar-refractivity contribution in [2.24, 2.45) is 0 Å². The van der Waals surface area contributed by atoms with Crippen LogP contribution in [0.1, 0.15) is 29.6 Å². The van der Waals surface area contributed by atoms with E-state index < -0.39 is 16.0 Å². The molecule has 25 heavy (non-hydrogen) atoms. The third kappa shape index (κ3) is 4.11. The number of hydrogen-bond donors (Lipinski definition) is 0. The Morgan fingerprint density at radius 2 is 1.68 bits per heavy atom. The third-order valence-electron chi connectivity index (χ3n) is 4.06. The molecule has 0 saturated carbocycles. The zero-order valence-corrected chi connectivity index (χ0v) is 15.9. The second-order valence-corrected chi connectivity index (χ2v) is 8.60. The molecule has 0 aliphatic carbocycles. The summed E-state index contributed by atoms with van der Waals surface area (Å²) < 4.78 is 32.9. The van der Waals surface area contributed by atoms with Crippen LogP contribution in [0.25, 0.3) is 0 Å². The van der Waals surface area contributed by atoms with E-state index in [1.165, 1.54) is 16.4 Å². The highest BCUT2D eigenvalue weighted by Crippen LogP contribution is 2.26. The molecule has 132 valence electrons. The van der Waals surface area contributed by atoms with Gasteiger partial charge in [0.05, 0.1) is 10.5 Å². The first kappa shape index (κ1) is 18.1. The van der Waals surface area contributed by atoms with Crippen LogP contribution in [0.3, 0.4) is 0 Å². The molecule has 0 unspecified atom stereocenters. The van der Waals surface area contributed by atoms with E-state index in [-0.39, 0.29) is 10.5 Å². The molecule has 1 aliphatic rings. The zero-order chi connectivity index (χ0) is 17.9. The fourth-order valence-corrected chi connectivity index (χ4v) is 4.68. The lowest BCUT2D eigenvalue weighted by atomic mass is 10.2. The summed E-state index contributed by atoms with van der Waals surface area (Å²) in [6.07, 6.45) is 2.76. The van der Waals surface area contributed by atoms with E-state index in [4.69, 9.17) is 4.74 Å². The largest absolute Gasteiger partial charge is 0.423 e. The van der Waals surface area contributed by atoms with Crippen molar-refractivity contribution in [1.82, 2.24) is 4.31 Å². The van der Waals surface area contributed by atoms with Crippen molar-refractivity contribution >= 4 is 31.9 Å². The van der Waals surface area contributed by atoms with Gasteiger partial charge in [0.25, 0.3) is 0 Å². The van der Waals surface area contributed by atoms with Crippen molar-refractivity contribution < 1.29 is 17.9 Å². The van der Waals surface area contributed by atoms with E-state index in [9.17, 15) is 13.2 Å². The molecular formula is C18H18BrNO4S. The Morgan fingerprint density at radius 3 is 2.36 bits per heavy atom. The van der Waals surface area contributed by atoms with Gasteiger partial charge in [0, 0.05) is 17.6 Å². The molecule has 2 aromatic rings. The summed E-state index contributed by atoms with van der Waals surface area (Å²) in [6.45, 7) is 1.03. The first-order valence-electron chi connectivity index (χ1n) is 8.05. The van der Waals surface area contributed by atoms with Crippen LogP contribution in [-0.4, -0.2) is 31.8 Å². The molecule has 0 bridgehead atoms. The molecular weight excluding hydrogens is 406 g/mol. The molecule has 3 rings (SSSR count). The highest BCUT2D eigenvalue weighted by molar-refractivity contribution is 9.10. The van der Waals surface area contributed by atoms with E-state index in [0.29, 0.717) is 23.3 Å². The molecule has 0 spiro atoms. The highest BCUT2D eigenvalue weighted by Gasteiger charge is 2.27. The lowest BCUT2D eigenvalue weighted by molar-refractivity contribution is 0.0733. The molecule has 1 aliphatic heterocycles. The molecule has 2 aromatic carbocycles. The van der Waals surface area contributed by atoms with E-state index in [1.807, 2.05) is 6.07 Å². The first-order valence-corrected chi connectivity index (χ1v) is 10.3. The normalized spacial score (nSPS) is 15.7. The predicted molar refractivity (Wildman–Crippen MR) is 98.2 cm³/mol. The van der Waals surface area contributed by atoms with Gasteiger partial charge in [0.15, 0.2) is 0 Å². The van der Waals surface area contributed by atoms with Crippen LogP contribution in [0.15, 0.2) is 57.9 Å². The molecule has 7 heteroatoms. The number of benzene rings is 2. The number of halogens is 1. The van der Waals surface area contributed by atoms with E-state index in [2.05, 4.69) is 15.9 Å². The Hall–Kier alpha value is -1.70. The highest BCUT2D eigenvalue weighted by atomic mass is 79.9.